The molecule has 13 heteroatoms. The van der Waals surface area contributed by atoms with Crippen molar-refractivity contribution in [2.45, 2.75) is 31.0 Å². The van der Waals surface area contributed by atoms with Gasteiger partial charge in [-0.05, 0) is 6.92 Å². The predicted molar refractivity (Wildman–Crippen MR) is 78.3 cm³/mol. The minimum Gasteiger partial charge on any atom is -0.394 e. The molecule has 0 spiro atoms. The standard InChI is InChI=1S/C11H16N5O7P/c1-11(16-4-15-6-9(12)13-3-14-10(6)16)8(23-24(19,20)21)7(18)5(2-17)22-11/h3-5,7-8,17-18H,2H2,1H3,(H2,12,13,14)(H2,19,20,21)/t5-,7-,8-,11-/m1/s1. The number of anilines is 1. The molecule has 0 aliphatic carbocycles. The first-order valence-electron chi connectivity index (χ1n) is 6.82. The number of aliphatic hydroxyl groups is 2. The molecule has 1 aliphatic heterocycles. The number of hydrogen-bond donors (Lipinski definition) is 5. The molecule has 0 bridgehead atoms. The number of nitrogen functional groups attached to an aromatic ring is 1. The lowest BCUT2D eigenvalue weighted by molar-refractivity contribution is -0.130. The fourth-order valence-corrected chi connectivity index (χ4v) is 3.40. The molecule has 0 unspecified atom stereocenters. The second-order valence-corrected chi connectivity index (χ2v) is 6.64. The van der Waals surface area contributed by atoms with E-state index >= 15 is 0 Å². The van der Waals surface area contributed by atoms with Crippen LogP contribution in [-0.2, 0) is 19.6 Å². The molecule has 0 aromatic carbocycles. The minimum atomic E-state index is -4.95. The van der Waals surface area contributed by atoms with Crippen LogP contribution in [-0.4, -0.2) is 64.4 Å². The number of nitrogens with zero attached hydrogens (tertiary/aromatic N) is 4. The highest BCUT2D eigenvalue weighted by molar-refractivity contribution is 7.46. The molecule has 3 rings (SSSR count). The van der Waals surface area contributed by atoms with Crippen molar-refractivity contribution in [3.05, 3.63) is 12.7 Å². The topological polar surface area (TPSA) is 186 Å². The second-order valence-electron chi connectivity index (χ2n) is 5.45. The summed E-state index contributed by atoms with van der Waals surface area (Å²) in [5.74, 6) is 0.104. The number of phosphoric ester groups is 1. The number of ether oxygens (including phenoxy) is 1. The van der Waals surface area contributed by atoms with Crippen molar-refractivity contribution in [1.82, 2.24) is 19.5 Å². The van der Waals surface area contributed by atoms with Gasteiger partial charge in [0.1, 0.15) is 30.2 Å². The summed E-state index contributed by atoms with van der Waals surface area (Å²) in [6.07, 6.45) is -1.65. The van der Waals surface area contributed by atoms with Gasteiger partial charge in [-0.15, -0.1) is 0 Å². The molecule has 1 aliphatic rings. The number of rotatable bonds is 4. The fourth-order valence-electron chi connectivity index (χ4n) is 2.78. The third-order valence-electron chi connectivity index (χ3n) is 3.88. The van der Waals surface area contributed by atoms with Crippen LogP contribution in [0.1, 0.15) is 6.92 Å². The summed E-state index contributed by atoms with van der Waals surface area (Å²) in [5.41, 5.74) is 4.57. The third kappa shape index (κ3) is 2.67. The van der Waals surface area contributed by atoms with E-state index in [1.165, 1.54) is 24.1 Å². The summed E-state index contributed by atoms with van der Waals surface area (Å²) in [4.78, 5) is 30.1. The summed E-state index contributed by atoms with van der Waals surface area (Å²) in [6, 6.07) is 0. The number of hydrogen-bond acceptors (Lipinski definition) is 9. The Morgan fingerprint density at radius 3 is 2.79 bits per heavy atom. The van der Waals surface area contributed by atoms with Gasteiger partial charge < -0.3 is 30.5 Å². The molecule has 2 aromatic rings. The third-order valence-corrected chi connectivity index (χ3v) is 4.38. The molecular formula is C11H16N5O7P. The first-order chi connectivity index (χ1) is 11.2. The van der Waals surface area contributed by atoms with E-state index in [2.05, 4.69) is 15.0 Å². The van der Waals surface area contributed by atoms with E-state index in [4.69, 9.17) is 24.8 Å². The summed E-state index contributed by atoms with van der Waals surface area (Å²) < 4.78 is 22.9. The van der Waals surface area contributed by atoms with E-state index in [9.17, 15) is 14.8 Å². The number of fused-ring (bicyclic) bond motifs is 1. The molecule has 0 radical (unpaired) electrons. The van der Waals surface area contributed by atoms with Crippen LogP contribution in [0.5, 0.6) is 0 Å². The zero-order valence-corrected chi connectivity index (χ0v) is 13.3. The van der Waals surface area contributed by atoms with E-state index in [-0.39, 0.29) is 17.0 Å². The maximum absolute atomic E-state index is 11.3. The molecule has 0 saturated carbocycles. The lowest BCUT2D eigenvalue weighted by Gasteiger charge is -2.32. The van der Waals surface area contributed by atoms with Crippen molar-refractivity contribution < 1.29 is 33.8 Å². The number of aliphatic hydroxyl groups excluding tert-OH is 2. The van der Waals surface area contributed by atoms with Gasteiger partial charge in [0.15, 0.2) is 17.2 Å². The van der Waals surface area contributed by atoms with Crippen molar-refractivity contribution in [3.8, 4) is 0 Å². The van der Waals surface area contributed by atoms with Crippen LogP contribution in [0.3, 0.4) is 0 Å². The second kappa shape index (κ2) is 5.70. The lowest BCUT2D eigenvalue weighted by atomic mass is 10.0. The number of imidazole rings is 1. The smallest absolute Gasteiger partial charge is 0.394 e. The average molecular weight is 361 g/mol. The number of phosphoric acid groups is 1. The Hall–Kier alpha value is -1.66. The SMILES string of the molecule is C[C@@]1(n2cnc3c(N)ncnc32)O[C@H](CO)[C@@H](O)[C@H]1OP(=O)(O)O. The average Bonchev–Trinajstić information content (AvgIpc) is 3.03. The van der Waals surface area contributed by atoms with Crippen LogP contribution in [0.4, 0.5) is 5.82 Å². The highest BCUT2D eigenvalue weighted by Crippen LogP contribution is 2.47. The first-order valence-corrected chi connectivity index (χ1v) is 8.35. The highest BCUT2D eigenvalue weighted by atomic mass is 31.2. The highest BCUT2D eigenvalue weighted by Gasteiger charge is 2.56. The fraction of sp³-hybridized carbons (Fsp3) is 0.545. The normalized spacial score (nSPS) is 31.0. The summed E-state index contributed by atoms with van der Waals surface area (Å²) in [7, 11) is -4.95. The van der Waals surface area contributed by atoms with Gasteiger partial charge in [0, 0.05) is 0 Å². The van der Waals surface area contributed by atoms with Crippen molar-refractivity contribution in [2.75, 3.05) is 12.3 Å². The van der Waals surface area contributed by atoms with Crippen molar-refractivity contribution in [3.63, 3.8) is 0 Å². The minimum absolute atomic E-state index is 0.104. The van der Waals surface area contributed by atoms with E-state index in [0.29, 0.717) is 0 Å². The van der Waals surface area contributed by atoms with Gasteiger partial charge in [-0.1, -0.05) is 0 Å². The summed E-state index contributed by atoms with van der Waals surface area (Å²) >= 11 is 0. The van der Waals surface area contributed by atoms with Crippen molar-refractivity contribution in [2.24, 2.45) is 0 Å². The summed E-state index contributed by atoms with van der Waals surface area (Å²) in [6.45, 7) is 0.840. The van der Waals surface area contributed by atoms with Crippen LogP contribution in [0.2, 0.25) is 0 Å². The maximum atomic E-state index is 11.3. The van der Waals surface area contributed by atoms with Gasteiger partial charge in [-0.3, -0.25) is 9.09 Å². The molecule has 12 nitrogen and oxygen atoms in total. The van der Waals surface area contributed by atoms with E-state index < -0.39 is 38.5 Å². The Morgan fingerprint density at radius 2 is 2.17 bits per heavy atom. The summed E-state index contributed by atoms with van der Waals surface area (Å²) in [5, 5.41) is 19.6. The van der Waals surface area contributed by atoms with Gasteiger partial charge in [0.05, 0.1) is 12.9 Å². The number of nitrogens with two attached hydrogens (primary N) is 1. The van der Waals surface area contributed by atoms with Gasteiger partial charge in [-0.25, -0.2) is 19.5 Å². The molecule has 0 amide bonds. The molecule has 4 atom stereocenters. The van der Waals surface area contributed by atoms with Gasteiger partial charge in [-0.2, -0.15) is 0 Å². The quantitative estimate of drug-likeness (QED) is 0.391. The Bertz CT molecular complexity index is 809. The Balaban J connectivity index is 2.13. The van der Waals surface area contributed by atoms with Gasteiger partial charge >= 0.3 is 7.82 Å². The molecule has 132 valence electrons. The zero-order chi connectivity index (χ0) is 17.7. The van der Waals surface area contributed by atoms with Crippen LogP contribution in [0, 0.1) is 0 Å². The Morgan fingerprint density at radius 1 is 1.46 bits per heavy atom. The Kier molecular flexibility index (Phi) is 4.08. The largest absolute Gasteiger partial charge is 0.470 e. The molecule has 2 aromatic heterocycles. The number of aromatic nitrogens is 4. The molecule has 3 heterocycles. The molecule has 6 N–H and O–H groups in total. The zero-order valence-electron chi connectivity index (χ0n) is 12.4. The molecule has 1 saturated heterocycles. The van der Waals surface area contributed by atoms with Crippen LogP contribution in [0.15, 0.2) is 12.7 Å². The monoisotopic (exact) mass is 361 g/mol. The van der Waals surface area contributed by atoms with E-state index in [1.54, 1.807) is 0 Å². The molecular weight excluding hydrogens is 345 g/mol. The van der Waals surface area contributed by atoms with Crippen LogP contribution in [0.25, 0.3) is 11.2 Å². The van der Waals surface area contributed by atoms with Crippen molar-refractivity contribution >= 4 is 24.8 Å². The molecule has 1 fully saturated rings. The predicted octanol–water partition coefficient (Wildman–Crippen LogP) is -1.69. The van der Waals surface area contributed by atoms with E-state index in [0.717, 1.165) is 0 Å². The first kappa shape index (κ1) is 17.2. The van der Waals surface area contributed by atoms with Crippen LogP contribution < -0.4 is 5.73 Å². The van der Waals surface area contributed by atoms with Crippen LogP contribution >= 0.6 is 7.82 Å². The molecule has 24 heavy (non-hydrogen) atoms. The van der Waals surface area contributed by atoms with Crippen molar-refractivity contribution in [1.29, 1.82) is 0 Å². The maximum Gasteiger partial charge on any atom is 0.470 e. The van der Waals surface area contributed by atoms with Gasteiger partial charge in [0.25, 0.3) is 0 Å². The lowest BCUT2D eigenvalue weighted by Crippen LogP contribution is -2.44. The van der Waals surface area contributed by atoms with Gasteiger partial charge in [0.2, 0.25) is 0 Å². The van der Waals surface area contributed by atoms with E-state index in [1.807, 2.05) is 0 Å². The Labute approximate surface area is 135 Å².